The predicted octanol–water partition coefficient (Wildman–Crippen LogP) is 2.74. The number of hydrogen-bond acceptors (Lipinski definition) is 2. The quantitative estimate of drug-likeness (QED) is 0.745. The molecule has 17 heavy (non-hydrogen) atoms. The van der Waals surface area contributed by atoms with E-state index < -0.39 is 6.43 Å². The highest BCUT2D eigenvalue weighted by Gasteiger charge is 2.26. The molecule has 0 bridgehead atoms. The minimum Gasteiger partial charge on any atom is -0.307 e. The van der Waals surface area contributed by atoms with Crippen molar-refractivity contribution in [2.45, 2.75) is 52.0 Å². The molecule has 1 saturated heterocycles. The first kappa shape index (κ1) is 14.8. The lowest BCUT2D eigenvalue weighted by Gasteiger charge is -2.37. The van der Waals surface area contributed by atoms with E-state index in [9.17, 15) is 8.78 Å². The van der Waals surface area contributed by atoms with Gasteiger partial charge in [0.1, 0.15) is 0 Å². The van der Waals surface area contributed by atoms with E-state index in [1.54, 1.807) is 0 Å². The van der Waals surface area contributed by atoms with Gasteiger partial charge in [0.2, 0.25) is 0 Å². The van der Waals surface area contributed by atoms with Crippen molar-refractivity contribution < 1.29 is 8.78 Å². The van der Waals surface area contributed by atoms with E-state index in [0.717, 1.165) is 26.1 Å². The molecule has 1 aliphatic heterocycles. The fourth-order valence-corrected chi connectivity index (χ4v) is 2.67. The highest BCUT2D eigenvalue weighted by atomic mass is 19.3. The summed E-state index contributed by atoms with van der Waals surface area (Å²) in [6.45, 7) is 7.27. The topological polar surface area (TPSA) is 15.3 Å². The summed E-state index contributed by atoms with van der Waals surface area (Å²) in [5.74, 6) is 0.679. The fourth-order valence-electron chi connectivity index (χ4n) is 2.67. The molecule has 0 aliphatic carbocycles. The number of hydrogen-bond donors (Lipinski definition) is 1. The molecule has 0 aromatic carbocycles. The molecule has 1 heterocycles. The Bertz CT molecular complexity index is 200. The number of nitrogens with one attached hydrogen (secondary N) is 1. The van der Waals surface area contributed by atoms with Crippen LogP contribution in [0.3, 0.4) is 0 Å². The molecule has 1 N–H and O–H groups in total. The lowest BCUT2D eigenvalue weighted by Crippen LogP contribution is -2.50. The van der Waals surface area contributed by atoms with Crippen molar-refractivity contribution in [2.24, 2.45) is 5.92 Å². The maximum atomic E-state index is 12.2. The van der Waals surface area contributed by atoms with E-state index in [1.807, 2.05) is 0 Å². The van der Waals surface area contributed by atoms with E-state index in [-0.39, 0.29) is 12.6 Å². The van der Waals surface area contributed by atoms with Crippen LogP contribution >= 0.6 is 0 Å². The Morgan fingerprint density at radius 2 is 2.06 bits per heavy atom. The first-order chi connectivity index (χ1) is 8.15. The molecule has 4 heteroatoms. The van der Waals surface area contributed by atoms with Crippen molar-refractivity contribution in [2.75, 3.05) is 26.2 Å². The zero-order chi connectivity index (χ0) is 12.7. The third-order valence-corrected chi connectivity index (χ3v) is 3.59. The number of rotatable bonds is 7. The zero-order valence-corrected chi connectivity index (χ0v) is 11.1. The van der Waals surface area contributed by atoms with Gasteiger partial charge in [0.15, 0.2) is 0 Å². The first-order valence-corrected chi connectivity index (χ1v) is 6.89. The van der Waals surface area contributed by atoms with E-state index in [2.05, 4.69) is 24.1 Å². The van der Waals surface area contributed by atoms with E-state index in [1.165, 1.54) is 19.3 Å². The second-order valence-electron chi connectivity index (χ2n) is 5.09. The lowest BCUT2D eigenvalue weighted by atomic mass is 9.90. The number of halogens is 2. The standard InChI is InChI=1S/C13H26F2N2/c1-3-5-6-11-7-12(16-8-13(14)15)10-17(4-2)9-11/h11-13,16H,3-10H2,1-2H3. The van der Waals surface area contributed by atoms with Gasteiger partial charge in [-0.1, -0.05) is 26.7 Å². The van der Waals surface area contributed by atoms with Crippen LogP contribution in [-0.4, -0.2) is 43.5 Å². The number of alkyl halides is 2. The largest absolute Gasteiger partial charge is 0.307 e. The SMILES string of the molecule is CCCCC1CC(NCC(F)F)CN(CC)C1. The Balaban J connectivity index is 2.36. The third-order valence-electron chi connectivity index (χ3n) is 3.59. The molecule has 0 aromatic rings. The molecule has 2 unspecified atom stereocenters. The second-order valence-corrected chi connectivity index (χ2v) is 5.09. The summed E-state index contributed by atoms with van der Waals surface area (Å²) in [7, 11) is 0. The summed E-state index contributed by atoms with van der Waals surface area (Å²) >= 11 is 0. The van der Waals surface area contributed by atoms with Crippen LogP contribution in [0.2, 0.25) is 0 Å². The molecule has 2 nitrogen and oxygen atoms in total. The zero-order valence-electron chi connectivity index (χ0n) is 11.1. The highest BCUT2D eigenvalue weighted by molar-refractivity contribution is 4.83. The molecule has 102 valence electrons. The average Bonchev–Trinajstić information content (AvgIpc) is 2.33. The summed E-state index contributed by atoms with van der Waals surface area (Å²) < 4.78 is 24.4. The van der Waals surface area contributed by atoms with Gasteiger partial charge in [-0.2, -0.15) is 0 Å². The molecular weight excluding hydrogens is 222 g/mol. The number of nitrogens with zero attached hydrogens (tertiary/aromatic N) is 1. The fraction of sp³-hybridized carbons (Fsp3) is 1.00. The van der Waals surface area contributed by atoms with Crippen molar-refractivity contribution in [1.82, 2.24) is 10.2 Å². The van der Waals surface area contributed by atoms with Crippen LogP contribution in [0.25, 0.3) is 0 Å². The Hall–Kier alpha value is -0.220. The number of unbranched alkanes of at least 4 members (excludes halogenated alkanes) is 1. The van der Waals surface area contributed by atoms with Gasteiger partial charge < -0.3 is 10.2 Å². The smallest absolute Gasteiger partial charge is 0.250 e. The molecule has 2 atom stereocenters. The summed E-state index contributed by atoms with van der Waals surface area (Å²) in [6.07, 6.45) is 2.53. The van der Waals surface area contributed by atoms with Crippen LogP contribution in [0.15, 0.2) is 0 Å². The minimum absolute atomic E-state index is 0.164. The summed E-state index contributed by atoms with van der Waals surface area (Å²) in [6, 6.07) is 0.250. The molecule has 0 radical (unpaired) electrons. The molecule has 1 rings (SSSR count). The van der Waals surface area contributed by atoms with Crippen molar-refractivity contribution in [3.8, 4) is 0 Å². The maximum absolute atomic E-state index is 12.2. The van der Waals surface area contributed by atoms with Gasteiger partial charge in [-0.3, -0.25) is 0 Å². The predicted molar refractivity (Wildman–Crippen MR) is 67.5 cm³/mol. The summed E-state index contributed by atoms with van der Waals surface area (Å²) in [5, 5.41) is 3.00. The van der Waals surface area contributed by atoms with Gasteiger partial charge in [-0.25, -0.2) is 8.78 Å². The van der Waals surface area contributed by atoms with E-state index in [0.29, 0.717) is 5.92 Å². The van der Waals surface area contributed by atoms with Crippen LogP contribution in [-0.2, 0) is 0 Å². The van der Waals surface area contributed by atoms with Crippen LogP contribution in [0, 0.1) is 5.92 Å². The van der Waals surface area contributed by atoms with Gasteiger partial charge in [0.25, 0.3) is 6.43 Å². The molecular formula is C13H26F2N2. The summed E-state index contributed by atoms with van der Waals surface area (Å²) in [5.41, 5.74) is 0. The molecule has 0 saturated carbocycles. The average molecular weight is 248 g/mol. The first-order valence-electron chi connectivity index (χ1n) is 6.89. The van der Waals surface area contributed by atoms with Crippen LogP contribution in [0.1, 0.15) is 39.5 Å². The molecule has 0 aromatic heterocycles. The normalized spacial score (nSPS) is 26.6. The number of likely N-dealkylation sites (N-methyl/N-ethyl adjacent to an activating group) is 1. The Labute approximate surface area is 104 Å². The van der Waals surface area contributed by atoms with Gasteiger partial charge in [-0.15, -0.1) is 0 Å². The van der Waals surface area contributed by atoms with Crippen molar-refractivity contribution in [3.63, 3.8) is 0 Å². The van der Waals surface area contributed by atoms with Gasteiger partial charge in [0, 0.05) is 19.1 Å². The Morgan fingerprint density at radius 3 is 2.65 bits per heavy atom. The molecule has 0 spiro atoms. The number of likely N-dealkylation sites (tertiary alicyclic amines) is 1. The van der Waals surface area contributed by atoms with Crippen molar-refractivity contribution in [3.05, 3.63) is 0 Å². The van der Waals surface area contributed by atoms with E-state index in [4.69, 9.17) is 0 Å². The monoisotopic (exact) mass is 248 g/mol. The Morgan fingerprint density at radius 1 is 1.29 bits per heavy atom. The van der Waals surface area contributed by atoms with Crippen LogP contribution in [0.4, 0.5) is 8.78 Å². The lowest BCUT2D eigenvalue weighted by molar-refractivity contribution is 0.108. The van der Waals surface area contributed by atoms with Crippen molar-refractivity contribution >= 4 is 0 Å². The summed E-state index contributed by atoms with van der Waals surface area (Å²) in [4.78, 5) is 2.38. The van der Waals surface area contributed by atoms with Gasteiger partial charge >= 0.3 is 0 Å². The minimum atomic E-state index is -2.24. The maximum Gasteiger partial charge on any atom is 0.250 e. The van der Waals surface area contributed by atoms with Gasteiger partial charge in [0.05, 0.1) is 6.54 Å². The molecule has 1 aliphatic rings. The molecule has 0 amide bonds. The second kappa shape index (κ2) is 7.98. The molecule has 1 fully saturated rings. The van der Waals surface area contributed by atoms with Crippen molar-refractivity contribution in [1.29, 1.82) is 0 Å². The van der Waals surface area contributed by atoms with Crippen LogP contribution in [0.5, 0.6) is 0 Å². The Kier molecular flexibility index (Phi) is 6.97. The van der Waals surface area contributed by atoms with E-state index >= 15 is 0 Å². The third kappa shape index (κ3) is 5.77. The van der Waals surface area contributed by atoms with Crippen LogP contribution < -0.4 is 5.32 Å². The number of piperidine rings is 1. The highest BCUT2D eigenvalue weighted by Crippen LogP contribution is 2.22. The van der Waals surface area contributed by atoms with Gasteiger partial charge in [-0.05, 0) is 25.3 Å².